The Bertz CT molecular complexity index is 381. The maximum absolute atomic E-state index is 4.40. The van der Waals surface area contributed by atoms with E-state index in [0.29, 0.717) is 12.1 Å². The van der Waals surface area contributed by atoms with Crippen molar-refractivity contribution in [3.05, 3.63) is 12.4 Å². The summed E-state index contributed by atoms with van der Waals surface area (Å²) in [6.45, 7) is 9.00. The van der Waals surface area contributed by atoms with E-state index in [4.69, 9.17) is 0 Å². The molecule has 19 heavy (non-hydrogen) atoms. The zero-order valence-corrected chi connectivity index (χ0v) is 12.9. The van der Waals surface area contributed by atoms with Gasteiger partial charge in [0.25, 0.3) is 0 Å². The summed E-state index contributed by atoms with van der Waals surface area (Å²) in [5.74, 6) is 1.74. The van der Waals surface area contributed by atoms with Crippen molar-refractivity contribution >= 4 is 5.69 Å². The number of nitrogens with one attached hydrogen (secondary N) is 1. The zero-order valence-electron chi connectivity index (χ0n) is 12.9. The van der Waals surface area contributed by atoms with E-state index in [-0.39, 0.29) is 0 Å². The van der Waals surface area contributed by atoms with E-state index in [1.807, 2.05) is 10.9 Å². The Hall–Kier alpha value is -0.990. The molecule has 1 aliphatic carbocycles. The van der Waals surface area contributed by atoms with Gasteiger partial charge in [-0.25, -0.2) is 0 Å². The van der Waals surface area contributed by atoms with E-state index in [1.165, 1.54) is 37.8 Å². The number of rotatable bonds is 5. The molecule has 0 radical (unpaired) electrons. The predicted octanol–water partition coefficient (Wildman–Crippen LogP) is 4.48. The second-order valence-corrected chi connectivity index (χ2v) is 6.81. The van der Waals surface area contributed by atoms with E-state index < -0.39 is 0 Å². The molecule has 3 nitrogen and oxygen atoms in total. The van der Waals surface area contributed by atoms with Gasteiger partial charge in [-0.05, 0) is 44.9 Å². The van der Waals surface area contributed by atoms with Gasteiger partial charge in [0.05, 0.1) is 11.9 Å². The third kappa shape index (κ3) is 4.26. The van der Waals surface area contributed by atoms with Crippen LogP contribution >= 0.6 is 0 Å². The smallest absolute Gasteiger partial charge is 0.0728 e. The van der Waals surface area contributed by atoms with Crippen molar-refractivity contribution in [2.24, 2.45) is 11.8 Å². The van der Waals surface area contributed by atoms with Gasteiger partial charge in [0, 0.05) is 18.3 Å². The van der Waals surface area contributed by atoms with Crippen molar-refractivity contribution in [2.75, 3.05) is 5.32 Å². The zero-order chi connectivity index (χ0) is 13.8. The highest BCUT2D eigenvalue weighted by molar-refractivity contribution is 5.39. The minimum absolute atomic E-state index is 0.440. The van der Waals surface area contributed by atoms with Gasteiger partial charge in [0.2, 0.25) is 0 Å². The summed E-state index contributed by atoms with van der Waals surface area (Å²) >= 11 is 0. The first-order chi connectivity index (χ1) is 9.04. The van der Waals surface area contributed by atoms with E-state index >= 15 is 0 Å². The highest BCUT2D eigenvalue weighted by Gasteiger charge is 2.22. The Morgan fingerprint density at radius 2 is 2.11 bits per heavy atom. The fourth-order valence-electron chi connectivity index (χ4n) is 3.23. The SMILES string of the molecule is CC(C)CC1CCCC(Nc2cnn(C(C)C)c2)C1. The lowest BCUT2D eigenvalue weighted by atomic mass is 9.81. The van der Waals surface area contributed by atoms with Crippen molar-refractivity contribution in [1.29, 1.82) is 0 Å². The third-order valence-electron chi connectivity index (χ3n) is 4.09. The maximum atomic E-state index is 4.40. The Morgan fingerprint density at radius 3 is 2.74 bits per heavy atom. The molecule has 2 unspecified atom stereocenters. The van der Waals surface area contributed by atoms with E-state index in [1.54, 1.807) is 0 Å². The van der Waals surface area contributed by atoms with Crippen LogP contribution in [0.15, 0.2) is 12.4 Å². The largest absolute Gasteiger partial charge is 0.380 e. The average Bonchev–Trinajstić information content (AvgIpc) is 2.77. The van der Waals surface area contributed by atoms with Gasteiger partial charge in [-0.15, -0.1) is 0 Å². The number of anilines is 1. The summed E-state index contributed by atoms with van der Waals surface area (Å²) in [7, 11) is 0. The Kier molecular flexibility index (Phi) is 4.89. The summed E-state index contributed by atoms with van der Waals surface area (Å²) in [5, 5.41) is 8.08. The van der Waals surface area contributed by atoms with Crippen LogP contribution < -0.4 is 5.32 Å². The quantitative estimate of drug-likeness (QED) is 0.848. The summed E-state index contributed by atoms with van der Waals surface area (Å²) in [5.41, 5.74) is 1.18. The molecular weight excluding hydrogens is 234 g/mol. The third-order valence-corrected chi connectivity index (χ3v) is 4.09. The minimum Gasteiger partial charge on any atom is -0.380 e. The second kappa shape index (κ2) is 6.44. The van der Waals surface area contributed by atoms with Crippen LogP contribution in [-0.2, 0) is 0 Å². The summed E-state index contributed by atoms with van der Waals surface area (Å²) < 4.78 is 2.02. The van der Waals surface area contributed by atoms with Crippen LogP contribution in [0.5, 0.6) is 0 Å². The van der Waals surface area contributed by atoms with Gasteiger partial charge < -0.3 is 5.32 Å². The Labute approximate surface area is 117 Å². The molecule has 0 aliphatic heterocycles. The number of nitrogens with zero attached hydrogens (tertiary/aromatic N) is 2. The molecule has 1 fully saturated rings. The molecule has 108 valence electrons. The van der Waals surface area contributed by atoms with Gasteiger partial charge in [-0.2, -0.15) is 5.10 Å². The molecule has 1 aliphatic rings. The van der Waals surface area contributed by atoms with Crippen LogP contribution in [0, 0.1) is 11.8 Å². The molecule has 1 aromatic rings. The maximum Gasteiger partial charge on any atom is 0.0728 e. The first-order valence-electron chi connectivity index (χ1n) is 7.85. The lowest BCUT2D eigenvalue weighted by Gasteiger charge is -2.31. The Morgan fingerprint density at radius 1 is 1.32 bits per heavy atom. The number of hydrogen-bond acceptors (Lipinski definition) is 2. The minimum atomic E-state index is 0.440. The summed E-state index contributed by atoms with van der Waals surface area (Å²) in [6.07, 6.45) is 10.9. The van der Waals surface area contributed by atoms with Crippen molar-refractivity contribution in [3.8, 4) is 0 Å². The molecule has 2 rings (SSSR count). The van der Waals surface area contributed by atoms with Crippen molar-refractivity contribution in [2.45, 2.75) is 71.9 Å². The molecule has 0 spiro atoms. The summed E-state index contributed by atoms with van der Waals surface area (Å²) in [4.78, 5) is 0. The van der Waals surface area contributed by atoms with Crippen LogP contribution in [0.3, 0.4) is 0 Å². The molecule has 2 atom stereocenters. The first-order valence-corrected chi connectivity index (χ1v) is 7.85. The molecule has 1 saturated carbocycles. The number of aromatic nitrogens is 2. The lowest BCUT2D eigenvalue weighted by molar-refractivity contribution is 0.289. The molecule has 1 heterocycles. The van der Waals surface area contributed by atoms with Gasteiger partial charge >= 0.3 is 0 Å². The average molecular weight is 263 g/mol. The molecule has 0 amide bonds. The van der Waals surface area contributed by atoms with E-state index in [0.717, 1.165) is 11.8 Å². The predicted molar refractivity (Wildman–Crippen MR) is 81.4 cm³/mol. The molecule has 1 N–H and O–H groups in total. The van der Waals surface area contributed by atoms with Crippen molar-refractivity contribution < 1.29 is 0 Å². The van der Waals surface area contributed by atoms with Gasteiger partial charge in [0.15, 0.2) is 0 Å². The van der Waals surface area contributed by atoms with Crippen LogP contribution in [-0.4, -0.2) is 15.8 Å². The molecule has 0 saturated heterocycles. The standard InChI is InChI=1S/C16H29N3/c1-12(2)8-14-6-5-7-15(9-14)18-16-10-17-19(11-16)13(3)4/h10-15,18H,5-9H2,1-4H3. The highest BCUT2D eigenvalue weighted by Crippen LogP contribution is 2.31. The fourth-order valence-corrected chi connectivity index (χ4v) is 3.23. The fraction of sp³-hybridized carbons (Fsp3) is 0.812. The molecule has 0 aromatic carbocycles. The van der Waals surface area contributed by atoms with Crippen LogP contribution in [0.4, 0.5) is 5.69 Å². The normalized spacial score (nSPS) is 24.1. The van der Waals surface area contributed by atoms with Gasteiger partial charge in [-0.3, -0.25) is 4.68 Å². The van der Waals surface area contributed by atoms with Gasteiger partial charge in [-0.1, -0.05) is 26.7 Å². The first kappa shape index (κ1) is 14.4. The van der Waals surface area contributed by atoms with Crippen molar-refractivity contribution in [1.82, 2.24) is 9.78 Å². The van der Waals surface area contributed by atoms with E-state index in [9.17, 15) is 0 Å². The second-order valence-electron chi connectivity index (χ2n) is 6.81. The monoisotopic (exact) mass is 263 g/mol. The van der Waals surface area contributed by atoms with Crippen LogP contribution in [0.2, 0.25) is 0 Å². The molecule has 0 bridgehead atoms. The van der Waals surface area contributed by atoms with E-state index in [2.05, 4.69) is 44.3 Å². The Balaban J connectivity index is 1.87. The topological polar surface area (TPSA) is 29.9 Å². The molecule has 3 heteroatoms. The van der Waals surface area contributed by atoms with Crippen molar-refractivity contribution in [3.63, 3.8) is 0 Å². The van der Waals surface area contributed by atoms with Crippen LogP contribution in [0.25, 0.3) is 0 Å². The molecule has 1 aromatic heterocycles. The van der Waals surface area contributed by atoms with Crippen LogP contribution in [0.1, 0.15) is 65.8 Å². The lowest BCUT2D eigenvalue weighted by Crippen LogP contribution is -2.27. The highest BCUT2D eigenvalue weighted by atomic mass is 15.3. The number of hydrogen-bond donors (Lipinski definition) is 1. The van der Waals surface area contributed by atoms with Gasteiger partial charge in [0.1, 0.15) is 0 Å². The molecular formula is C16H29N3. The summed E-state index contributed by atoms with van der Waals surface area (Å²) in [6, 6.07) is 1.08.